The number of carbonyl (C=O) groups excluding carboxylic acids is 1. The number of ether oxygens (including phenoxy) is 2. The number of halogens is 1. The highest BCUT2D eigenvalue weighted by Gasteiger charge is 2.20. The molecule has 0 aliphatic carbocycles. The van der Waals surface area contributed by atoms with E-state index in [0.29, 0.717) is 31.9 Å². The summed E-state index contributed by atoms with van der Waals surface area (Å²) in [4.78, 5) is 17.4. The number of aromatic nitrogens is 1. The molecule has 1 aromatic heterocycles. The van der Waals surface area contributed by atoms with Crippen LogP contribution < -0.4 is 19.5 Å². The number of thiazole rings is 1. The van der Waals surface area contributed by atoms with Gasteiger partial charge in [0, 0.05) is 0 Å². The number of sulfonamides is 1. The standard InChI is InChI=1S/C22H18ClN3O5S2/c1-30-13-7-9-14(10-8-13)33(28,29)26-17-6-4-3-5-15(17)21(27)25-22-24-19-18(31-2)12-11-16(23)20(19)32-22/h3-12,26H,1-2H3,(H,24,25,27). The highest BCUT2D eigenvalue weighted by atomic mass is 35.5. The van der Waals surface area contributed by atoms with Gasteiger partial charge in [-0.3, -0.25) is 14.8 Å². The van der Waals surface area contributed by atoms with E-state index in [2.05, 4.69) is 15.0 Å². The number of benzene rings is 3. The number of amides is 1. The topological polar surface area (TPSA) is 107 Å². The molecule has 8 nitrogen and oxygen atoms in total. The second-order valence-electron chi connectivity index (χ2n) is 6.73. The van der Waals surface area contributed by atoms with Crippen molar-refractivity contribution in [2.24, 2.45) is 0 Å². The molecule has 0 unspecified atom stereocenters. The Labute approximate surface area is 199 Å². The van der Waals surface area contributed by atoms with Crippen molar-refractivity contribution < 1.29 is 22.7 Å². The molecule has 1 heterocycles. The third kappa shape index (κ3) is 4.72. The summed E-state index contributed by atoms with van der Waals surface area (Å²) in [5.74, 6) is 0.525. The van der Waals surface area contributed by atoms with E-state index in [-0.39, 0.29) is 16.1 Å². The first kappa shape index (κ1) is 22.8. The highest BCUT2D eigenvalue weighted by Crippen LogP contribution is 2.37. The zero-order chi connectivity index (χ0) is 23.6. The number of methoxy groups -OCH3 is 2. The van der Waals surface area contributed by atoms with Gasteiger partial charge < -0.3 is 9.47 Å². The van der Waals surface area contributed by atoms with Crippen LogP contribution in [0, 0.1) is 0 Å². The van der Waals surface area contributed by atoms with Crippen LogP contribution in [0.5, 0.6) is 11.5 Å². The Morgan fingerprint density at radius 3 is 2.42 bits per heavy atom. The number of hydrogen-bond acceptors (Lipinski definition) is 7. The Balaban J connectivity index is 1.61. The van der Waals surface area contributed by atoms with Crippen LogP contribution in [-0.2, 0) is 10.0 Å². The third-order valence-electron chi connectivity index (χ3n) is 4.68. The molecule has 0 spiro atoms. The normalized spacial score (nSPS) is 11.2. The number of anilines is 2. The molecule has 2 N–H and O–H groups in total. The molecule has 0 aliphatic rings. The molecule has 11 heteroatoms. The van der Waals surface area contributed by atoms with Crippen LogP contribution in [0.3, 0.4) is 0 Å². The molecule has 4 aromatic rings. The highest BCUT2D eigenvalue weighted by molar-refractivity contribution is 7.92. The second-order valence-corrected chi connectivity index (χ2v) is 9.82. The minimum Gasteiger partial charge on any atom is -0.497 e. The largest absolute Gasteiger partial charge is 0.497 e. The van der Waals surface area contributed by atoms with Crippen molar-refractivity contribution in [2.75, 3.05) is 24.3 Å². The fourth-order valence-corrected chi connectivity index (χ4v) is 5.29. The summed E-state index contributed by atoms with van der Waals surface area (Å²) in [5, 5.41) is 3.49. The van der Waals surface area contributed by atoms with E-state index in [1.807, 2.05) is 0 Å². The van der Waals surface area contributed by atoms with Crippen LogP contribution in [0.25, 0.3) is 10.2 Å². The molecule has 4 rings (SSSR count). The summed E-state index contributed by atoms with van der Waals surface area (Å²) in [6, 6.07) is 15.6. The lowest BCUT2D eigenvalue weighted by atomic mass is 10.2. The number of hydrogen-bond donors (Lipinski definition) is 2. The van der Waals surface area contributed by atoms with Gasteiger partial charge in [0.05, 0.1) is 40.1 Å². The molecule has 1 amide bonds. The Morgan fingerprint density at radius 1 is 1.00 bits per heavy atom. The average Bonchev–Trinajstić information content (AvgIpc) is 3.24. The van der Waals surface area contributed by atoms with Gasteiger partial charge in [-0.15, -0.1) is 0 Å². The third-order valence-corrected chi connectivity index (χ3v) is 7.50. The van der Waals surface area contributed by atoms with Crippen LogP contribution in [0.2, 0.25) is 5.02 Å². The first-order valence-electron chi connectivity index (χ1n) is 9.52. The van der Waals surface area contributed by atoms with Crippen molar-refractivity contribution >= 4 is 59.9 Å². The lowest BCUT2D eigenvalue weighted by Crippen LogP contribution is -2.18. The van der Waals surface area contributed by atoms with Crippen molar-refractivity contribution in [3.8, 4) is 11.5 Å². The number of rotatable bonds is 7. The maximum absolute atomic E-state index is 13.0. The molecule has 0 bridgehead atoms. The van der Waals surface area contributed by atoms with Gasteiger partial charge in [0.25, 0.3) is 15.9 Å². The maximum atomic E-state index is 13.0. The second kappa shape index (κ2) is 9.26. The zero-order valence-corrected chi connectivity index (χ0v) is 19.8. The smallest absolute Gasteiger partial charge is 0.261 e. The van der Waals surface area contributed by atoms with E-state index in [0.717, 1.165) is 0 Å². The van der Waals surface area contributed by atoms with Crippen molar-refractivity contribution in [2.45, 2.75) is 4.90 Å². The molecular formula is C22H18ClN3O5S2. The van der Waals surface area contributed by atoms with Crippen LogP contribution in [-0.4, -0.2) is 33.5 Å². The Kier molecular flexibility index (Phi) is 6.41. The van der Waals surface area contributed by atoms with Gasteiger partial charge in [-0.05, 0) is 48.5 Å². The Hall–Kier alpha value is -3.34. The molecule has 0 aliphatic heterocycles. The van der Waals surface area contributed by atoms with Crippen molar-refractivity contribution in [1.29, 1.82) is 0 Å². The summed E-state index contributed by atoms with van der Waals surface area (Å²) in [6.07, 6.45) is 0. The molecule has 0 radical (unpaired) electrons. The number of nitrogens with one attached hydrogen (secondary N) is 2. The molecular weight excluding hydrogens is 486 g/mol. The predicted molar refractivity (Wildman–Crippen MR) is 129 cm³/mol. The van der Waals surface area contributed by atoms with Gasteiger partial charge in [0.2, 0.25) is 0 Å². The van der Waals surface area contributed by atoms with Crippen molar-refractivity contribution in [1.82, 2.24) is 4.98 Å². The Bertz CT molecular complexity index is 1440. The number of carbonyl (C=O) groups is 1. The summed E-state index contributed by atoms with van der Waals surface area (Å²) >= 11 is 7.44. The fraction of sp³-hybridized carbons (Fsp3) is 0.0909. The molecule has 33 heavy (non-hydrogen) atoms. The van der Waals surface area contributed by atoms with Gasteiger partial charge in [-0.25, -0.2) is 13.4 Å². The van der Waals surface area contributed by atoms with Gasteiger partial charge in [0.1, 0.15) is 17.0 Å². The van der Waals surface area contributed by atoms with Crippen LogP contribution in [0.4, 0.5) is 10.8 Å². The fourth-order valence-electron chi connectivity index (χ4n) is 3.06. The van der Waals surface area contributed by atoms with E-state index in [4.69, 9.17) is 21.1 Å². The molecule has 0 atom stereocenters. The van der Waals surface area contributed by atoms with E-state index < -0.39 is 15.9 Å². The minimum atomic E-state index is -3.93. The lowest BCUT2D eigenvalue weighted by Gasteiger charge is -2.12. The van der Waals surface area contributed by atoms with Crippen LogP contribution in [0.15, 0.2) is 65.6 Å². The predicted octanol–water partition coefficient (Wildman–Crippen LogP) is 5.02. The van der Waals surface area contributed by atoms with Gasteiger partial charge in [-0.2, -0.15) is 0 Å². The zero-order valence-electron chi connectivity index (χ0n) is 17.5. The average molecular weight is 504 g/mol. The first-order chi connectivity index (χ1) is 15.8. The summed E-state index contributed by atoms with van der Waals surface area (Å²) < 4.78 is 39.2. The van der Waals surface area contributed by atoms with E-state index in [9.17, 15) is 13.2 Å². The van der Waals surface area contributed by atoms with E-state index >= 15 is 0 Å². The first-order valence-corrected chi connectivity index (χ1v) is 12.2. The maximum Gasteiger partial charge on any atom is 0.261 e. The van der Waals surface area contributed by atoms with Gasteiger partial charge in [-0.1, -0.05) is 35.1 Å². The van der Waals surface area contributed by atoms with Crippen molar-refractivity contribution in [3.63, 3.8) is 0 Å². The Morgan fingerprint density at radius 2 is 1.73 bits per heavy atom. The summed E-state index contributed by atoms with van der Waals surface area (Å²) in [7, 11) is -0.923. The van der Waals surface area contributed by atoms with Crippen LogP contribution >= 0.6 is 22.9 Å². The SMILES string of the molecule is COc1ccc(S(=O)(=O)Nc2ccccc2C(=O)Nc2nc3c(OC)ccc(Cl)c3s2)cc1. The minimum absolute atomic E-state index is 0.0337. The van der Waals surface area contributed by atoms with Gasteiger partial charge in [0.15, 0.2) is 5.13 Å². The van der Waals surface area contributed by atoms with Crippen molar-refractivity contribution in [3.05, 3.63) is 71.2 Å². The lowest BCUT2D eigenvalue weighted by molar-refractivity contribution is 0.102. The number of nitrogens with zero attached hydrogens (tertiary/aromatic N) is 1. The van der Waals surface area contributed by atoms with Gasteiger partial charge >= 0.3 is 0 Å². The number of para-hydroxylation sites is 1. The van der Waals surface area contributed by atoms with E-state index in [1.54, 1.807) is 36.4 Å². The molecule has 0 saturated heterocycles. The van der Waals surface area contributed by atoms with Crippen LogP contribution in [0.1, 0.15) is 10.4 Å². The quantitative estimate of drug-likeness (QED) is 0.367. The molecule has 3 aromatic carbocycles. The summed E-state index contributed by atoms with van der Waals surface area (Å²) in [5.41, 5.74) is 0.785. The molecule has 0 fully saturated rings. The summed E-state index contributed by atoms with van der Waals surface area (Å²) in [6.45, 7) is 0. The number of fused-ring (bicyclic) bond motifs is 1. The monoisotopic (exact) mass is 503 g/mol. The molecule has 0 saturated carbocycles. The molecule has 170 valence electrons. The van der Waals surface area contributed by atoms with E-state index in [1.165, 1.54) is 49.8 Å².